The molecule has 4 heteroatoms. The van der Waals surface area contributed by atoms with Crippen LogP contribution in [0.2, 0.25) is 0 Å². The maximum atomic E-state index is 8.70. The zero-order valence-corrected chi connectivity index (χ0v) is 16.3. The normalized spacial score (nSPS) is 18.0. The summed E-state index contributed by atoms with van der Waals surface area (Å²) < 4.78 is 8.70. The molecule has 23 heavy (non-hydrogen) atoms. The summed E-state index contributed by atoms with van der Waals surface area (Å²) in [5.74, 6) is 0.728. The van der Waals surface area contributed by atoms with Crippen molar-refractivity contribution in [3.63, 3.8) is 0 Å². The van der Waals surface area contributed by atoms with E-state index in [1.165, 1.54) is 25.7 Å². The van der Waals surface area contributed by atoms with Crippen molar-refractivity contribution in [2.24, 2.45) is 0 Å². The van der Waals surface area contributed by atoms with E-state index in [1.54, 1.807) is 16.7 Å². The molecule has 1 aromatic rings. The Morgan fingerprint density at radius 3 is 1.87 bits per heavy atom. The molecule has 3 nitrogen and oxygen atoms in total. The predicted molar refractivity (Wildman–Crippen MR) is 97.1 cm³/mol. The smallest absolute Gasteiger partial charge is 0.134 e. The first-order chi connectivity index (χ1) is 10.5. The molecule has 0 amide bonds. The van der Waals surface area contributed by atoms with Gasteiger partial charge in [-0.25, -0.2) is 0 Å². The highest BCUT2D eigenvalue weighted by Crippen LogP contribution is 2.46. The van der Waals surface area contributed by atoms with Crippen LogP contribution in [0.4, 0.5) is 0 Å². The van der Waals surface area contributed by atoms with Crippen LogP contribution in [0.5, 0.6) is 0 Å². The minimum absolute atomic E-state index is 0.340. The maximum absolute atomic E-state index is 8.70. The maximum Gasteiger partial charge on any atom is 0.692 e. The van der Waals surface area contributed by atoms with Gasteiger partial charge in [-0.15, -0.1) is 9.79 Å². The summed E-state index contributed by atoms with van der Waals surface area (Å²) >= 11 is 0. The predicted octanol–water partition coefficient (Wildman–Crippen LogP) is 5.57. The van der Waals surface area contributed by atoms with E-state index in [4.69, 9.17) is 14.4 Å². The molecule has 0 saturated heterocycles. The Hall–Kier alpha value is -0.760. The Balaban J connectivity index is 0.000000593. The van der Waals surface area contributed by atoms with Crippen LogP contribution >= 0.6 is 8.25 Å². The average Bonchev–Trinajstić information content (AvgIpc) is 2.45. The third kappa shape index (κ3) is 5.11. The van der Waals surface area contributed by atoms with Gasteiger partial charge < -0.3 is 0 Å². The monoisotopic (exact) mass is 339 g/mol. The van der Waals surface area contributed by atoms with Crippen molar-refractivity contribution < 1.29 is 14.4 Å². The van der Waals surface area contributed by atoms with Crippen LogP contribution in [0.15, 0.2) is 18.2 Å². The van der Waals surface area contributed by atoms with Crippen LogP contribution in [0.25, 0.3) is 0 Å². The molecule has 1 aliphatic rings. The summed E-state index contributed by atoms with van der Waals surface area (Å²) in [5, 5.41) is 0. The second-order valence-corrected chi connectivity index (χ2v) is 8.34. The molecular formula is C19H32O3P+. The first-order valence-electron chi connectivity index (χ1n) is 8.55. The lowest BCUT2D eigenvalue weighted by Crippen LogP contribution is -2.34. The Kier molecular flexibility index (Phi) is 6.95. The van der Waals surface area contributed by atoms with Crippen LogP contribution < -0.4 is 0 Å². The largest absolute Gasteiger partial charge is 0.692 e. The molecule has 0 fully saturated rings. The van der Waals surface area contributed by atoms with Crippen LogP contribution in [-0.2, 0) is 15.4 Å². The van der Waals surface area contributed by atoms with E-state index in [1.807, 2.05) is 0 Å². The van der Waals surface area contributed by atoms with Crippen molar-refractivity contribution in [3.05, 3.63) is 34.9 Å². The van der Waals surface area contributed by atoms with Crippen LogP contribution in [0.1, 0.15) is 89.8 Å². The molecular weight excluding hydrogens is 307 g/mol. The lowest BCUT2D eigenvalue weighted by molar-refractivity contribution is 0.331. The van der Waals surface area contributed by atoms with E-state index >= 15 is 0 Å². The van der Waals surface area contributed by atoms with Crippen molar-refractivity contribution in [1.29, 1.82) is 0 Å². The van der Waals surface area contributed by atoms with Gasteiger partial charge in [-0.3, -0.25) is 0 Å². The highest BCUT2D eigenvalue weighted by Gasteiger charge is 2.37. The van der Waals surface area contributed by atoms with Crippen LogP contribution in [0.3, 0.4) is 0 Å². The van der Waals surface area contributed by atoms with Crippen molar-refractivity contribution in [3.8, 4) is 0 Å². The molecule has 0 aromatic heterocycles. The van der Waals surface area contributed by atoms with Gasteiger partial charge in [0.05, 0.1) is 0 Å². The summed E-state index contributed by atoms with van der Waals surface area (Å²) in [7, 11) is -2.87. The number of hydrogen-bond acceptors (Lipinski definition) is 1. The fourth-order valence-corrected chi connectivity index (χ4v) is 3.62. The molecule has 0 bridgehead atoms. The molecule has 0 atom stereocenters. The number of benzene rings is 1. The summed E-state index contributed by atoms with van der Waals surface area (Å²) in [6.07, 6.45) is 5.11. The first kappa shape index (κ1) is 20.3. The van der Waals surface area contributed by atoms with E-state index in [-0.39, 0.29) is 0 Å². The lowest BCUT2D eigenvalue weighted by Gasteiger charge is -2.42. The SMILES string of the molecule is CCC(CC)c1ccc2c(c1)C(C)(C)CCC2(C)C.O=[P+](O)O. The quantitative estimate of drug-likeness (QED) is 0.708. The summed E-state index contributed by atoms with van der Waals surface area (Å²) in [6, 6.07) is 7.33. The van der Waals surface area contributed by atoms with Gasteiger partial charge in [-0.1, -0.05) is 59.7 Å². The molecule has 130 valence electrons. The minimum atomic E-state index is -2.87. The Morgan fingerprint density at radius 1 is 1.00 bits per heavy atom. The number of fused-ring (bicyclic) bond motifs is 1. The van der Waals surface area contributed by atoms with Gasteiger partial charge in [-0.2, -0.15) is 0 Å². The van der Waals surface area contributed by atoms with Gasteiger partial charge in [-0.05, 0) is 59.1 Å². The van der Waals surface area contributed by atoms with Gasteiger partial charge in [0.1, 0.15) is 0 Å². The first-order valence-corrected chi connectivity index (χ1v) is 9.71. The van der Waals surface area contributed by atoms with Crippen molar-refractivity contribution in [2.45, 2.75) is 84.0 Å². The minimum Gasteiger partial charge on any atom is -0.134 e. The van der Waals surface area contributed by atoms with E-state index in [0.29, 0.717) is 10.8 Å². The molecule has 0 saturated carbocycles. The van der Waals surface area contributed by atoms with Gasteiger partial charge >= 0.3 is 8.25 Å². The molecule has 0 radical (unpaired) electrons. The van der Waals surface area contributed by atoms with Gasteiger partial charge in [0.25, 0.3) is 0 Å². The Labute approximate surface area is 142 Å². The zero-order valence-electron chi connectivity index (χ0n) is 15.4. The van der Waals surface area contributed by atoms with Gasteiger partial charge in [0.2, 0.25) is 0 Å². The fourth-order valence-electron chi connectivity index (χ4n) is 3.62. The van der Waals surface area contributed by atoms with E-state index in [2.05, 4.69) is 59.7 Å². The van der Waals surface area contributed by atoms with Crippen molar-refractivity contribution in [2.75, 3.05) is 0 Å². The summed E-state index contributed by atoms with van der Waals surface area (Å²) in [4.78, 5) is 14.2. The number of rotatable bonds is 3. The van der Waals surface area contributed by atoms with E-state index in [0.717, 1.165) is 5.92 Å². The van der Waals surface area contributed by atoms with Gasteiger partial charge in [0.15, 0.2) is 0 Å². The molecule has 2 N–H and O–H groups in total. The van der Waals surface area contributed by atoms with E-state index in [9.17, 15) is 0 Å². The van der Waals surface area contributed by atoms with Gasteiger partial charge in [0, 0.05) is 4.57 Å². The zero-order chi connectivity index (χ0) is 17.8. The highest BCUT2D eigenvalue weighted by atomic mass is 31.1. The number of hydrogen-bond donors (Lipinski definition) is 2. The van der Waals surface area contributed by atoms with Crippen molar-refractivity contribution >= 4 is 8.25 Å². The standard InChI is InChI=1S/C19H30.HO3P/c1-7-14(8-2)15-9-10-16-17(13-15)19(5,6)12-11-18(16,3)4;1-4(2)3/h9-10,13-14H,7-8,11-12H2,1-6H3;(H-,1,2,3)/p+1. The lowest BCUT2D eigenvalue weighted by atomic mass is 9.62. The third-order valence-corrected chi connectivity index (χ3v) is 5.33. The molecule has 2 rings (SSSR count). The molecule has 1 aliphatic carbocycles. The second-order valence-electron chi connectivity index (χ2n) is 7.84. The Bertz CT molecular complexity index is 542. The molecule has 0 spiro atoms. The summed E-state index contributed by atoms with van der Waals surface area (Å²) in [6.45, 7) is 14.2. The molecule has 0 heterocycles. The second kappa shape index (κ2) is 7.88. The van der Waals surface area contributed by atoms with Crippen LogP contribution in [-0.4, -0.2) is 9.79 Å². The average molecular weight is 339 g/mol. The molecule has 0 unspecified atom stereocenters. The van der Waals surface area contributed by atoms with E-state index < -0.39 is 8.25 Å². The molecule has 1 aromatic carbocycles. The fraction of sp³-hybridized carbons (Fsp3) is 0.684. The topological polar surface area (TPSA) is 57.5 Å². The summed E-state index contributed by atoms with van der Waals surface area (Å²) in [5.41, 5.74) is 5.42. The molecule has 0 aliphatic heterocycles. The highest BCUT2D eigenvalue weighted by molar-refractivity contribution is 7.30. The third-order valence-electron chi connectivity index (χ3n) is 5.33. The Morgan fingerprint density at radius 2 is 1.43 bits per heavy atom. The van der Waals surface area contributed by atoms with Crippen molar-refractivity contribution in [1.82, 2.24) is 0 Å². The van der Waals surface area contributed by atoms with Crippen LogP contribution in [0, 0.1) is 0 Å².